The molecule has 0 fully saturated rings. The molecule has 0 saturated heterocycles. The van der Waals surface area contributed by atoms with E-state index in [1.807, 2.05) is 12.1 Å². The van der Waals surface area contributed by atoms with Gasteiger partial charge < -0.3 is 14.5 Å². The Hall–Kier alpha value is -1.66. The van der Waals surface area contributed by atoms with E-state index in [-0.39, 0.29) is 11.6 Å². The van der Waals surface area contributed by atoms with Crippen LogP contribution in [-0.4, -0.2) is 19.1 Å². The minimum atomic E-state index is -0.386. The molecule has 1 aromatic carbocycles. The fraction of sp³-hybridized carbons (Fsp3) is 0.333. The maximum atomic E-state index is 11.6. The van der Waals surface area contributed by atoms with E-state index in [0.29, 0.717) is 31.7 Å². The predicted molar refractivity (Wildman–Crippen MR) is 83.1 cm³/mol. The summed E-state index contributed by atoms with van der Waals surface area (Å²) in [6, 6.07) is 7.02. The molecule has 0 unspecified atom stereocenters. The summed E-state index contributed by atoms with van der Waals surface area (Å²) in [5.41, 5.74) is 1.000. The van der Waals surface area contributed by atoms with Crippen molar-refractivity contribution in [1.29, 1.82) is 0 Å². The zero-order valence-electron chi connectivity index (χ0n) is 11.6. The van der Waals surface area contributed by atoms with E-state index in [2.05, 4.69) is 21.2 Å². The Labute approximate surface area is 130 Å². The minimum absolute atomic E-state index is 0.230. The lowest BCUT2D eigenvalue weighted by atomic mass is 10.1. The Morgan fingerprint density at radius 1 is 1.38 bits per heavy atom. The molecule has 5 nitrogen and oxygen atoms in total. The van der Waals surface area contributed by atoms with Crippen LogP contribution in [0.25, 0.3) is 11.0 Å². The maximum Gasteiger partial charge on any atom is 0.336 e. The van der Waals surface area contributed by atoms with Gasteiger partial charge in [0, 0.05) is 29.0 Å². The molecule has 2 aromatic rings. The third-order valence-electron chi connectivity index (χ3n) is 2.92. The second kappa shape index (κ2) is 7.38. The first-order chi connectivity index (χ1) is 10.1. The van der Waals surface area contributed by atoms with Gasteiger partial charge in [0.25, 0.3) is 0 Å². The van der Waals surface area contributed by atoms with Crippen molar-refractivity contribution >= 4 is 32.9 Å². The van der Waals surface area contributed by atoms with Gasteiger partial charge in [0.05, 0.1) is 13.0 Å². The van der Waals surface area contributed by atoms with Gasteiger partial charge in [-0.1, -0.05) is 15.9 Å². The van der Waals surface area contributed by atoms with Crippen LogP contribution < -0.4 is 10.9 Å². The quantitative estimate of drug-likeness (QED) is 0.491. The molecule has 0 aliphatic rings. The lowest BCUT2D eigenvalue weighted by Crippen LogP contribution is -2.20. The van der Waals surface area contributed by atoms with Crippen molar-refractivity contribution in [2.45, 2.75) is 19.9 Å². The molecule has 0 spiro atoms. The summed E-state index contributed by atoms with van der Waals surface area (Å²) in [5.74, 6) is -0.230. The van der Waals surface area contributed by atoms with Crippen molar-refractivity contribution in [1.82, 2.24) is 5.32 Å². The van der Waals surface area contributed by atoms with Crippen LogP contribution in [0.2, 0.25) is 0 Å². The lowest BCUT2D eigenvalue weighted by molar-refractivity contribution is -0.142. The molecule has 6 heteroatoms. The van der Waals surface area contributed by atoms with E-state index in [0.717, 1.165) is 15.4 Å². The molecule has 0 atom stereocenters. The zero-order chi connectivity index (χ0) is 15.2. The van der Waals surface area contributed by atoms with E-state index in [1.165, 1.54) is 6.07 Å². The lowest BCUT2D eigenvalue weighted by Gasteiger charge is -2.07. The summed E-state index contributed by atoms with van der Waals surface area (Å²) in [6.07, 6.45) is 0.304. The van der Waals surface area contributed by atoms with E-state index in [4.69, 9.17) is 9.15 Å². The summed E-state index contributed by atoms with van der Waals surface area (Å²) in [4.78, 5) is 22.8. The second-order valence-corrected chi connectivity index (χ2v) is 5.38. The number of fused-ring (bicyclic) bond motifs is 1. The first-order valence-electron chi connectivity index (χ1n) is 6.68. The third-order valence-corrected chi connectivity index (χ3v) is 3.41. The third kappa shape index (κ3) is 4.41. The van der Waals surface area contributed by atoms with Crippen molar-refractivity contribution < 1.29 is 13.9 Å². The summed E-state index contributed by atoms with van der Waals surface area (Å²) < 4.78 is 10.9. The van der Waals surface area contributed by atoms with Crippen molar-refractivity contribution in [3.05, 3.63) is 44.7 Å². The van der Waals surface area contributed by atoms with Crippen molar-refractivity contribution in [2.75, 3.05) is 13.2 Å². The van der Waals surface area contributed by atoms with Crippen LogP contribution in [0.3, 0.4) is 0 Å². The van der Waals surface area contributed by atoms with E-state index < -0.39 is 0 Å². The van der Waals surface area contributed by atoms with Crippen molar-refractivity contribution in [3.8, 4) is 0 Å². The number of nitrogens with one attached hydrogen (secondary N) is 1. The monoisotopic (exact) mass is 353 g/mol. The predicted octanol–water partition coefficient (Wildman–Crippen LogP) is 2.60. The highest BCUT2D eigenvalue weighted by molar-refractivity contribution is 9.10. The number of ether oxygens (including phenoxy) is 1. The number of carbonyl (C=O) groups is 1. The molecule has 112 valence electrons. The molecule has 0 radical (unpaired) electrons. The average molecular weight is 354 g/mol. The van der Waals surface area contributed by atoms with Crippen LogP contribution in [0.4, 0.5) is 0 Å². The SMILES string of the molecule is CCOC(=O)CCNCc1cc(=O)oc2cc(Br)ccc12. The second-order valence-electron chi connectivity index (χ2n) is 4.46. The van der Waals surface area contributed by atoms with Gasteiger partial charge in [-0.2, -0.15) is 0 Å². The molecule has 2 rings (SSSR count). The molecule has 0 saturated carbocycles. The van der Waals surface area contributed by atoms with Crippen LogP contribution in [-0.2, 0) is 16.1 Å². The van der Waals surface area contributed by atoms with E-state index in [1.54, 1.807) is 13.0 Å². The van der Waals surface area contributed by atoms with Gasteiger partial charge in [-0.05, 0) is 30.7 Å². The largest absolute Gasteiger partial charge is 0.466 e. The first kappa shape index (κ1) is 15.7. The van der Waals surface area contributed by atoms with Gasteiger partial charge in [-0.3, -0.25) is 4.79 Å². The Morgan fingerprint density at radius 2 is 2.19 bits per heavy atom. The van der Waals surface area contributed by atoms with Gasteiger partial charge in [0.15, 0.2) is 0 Å². The highest BCUT2D eigenvalue weighted by Gasteiger charge is 2.06. The van der Waals surface area contributed by atoms with E-state index >= 15 is 0 Å². The highest BCUT2D eigenvalue weighted by Crippen LogP contribution is 2.21. The number of rotatable bonds is 6. The van der Waals surface area contributed by atoms with Crippen molar-refractivity contribution in [3.63, 3.8) is 0 Å². The highest BCUT2D eigenvalue weighted by atomic mass is 79.9. The zero-order valence-corrected chi connectivity index (χ0v) is 13.2. The maximum absolute atomic E-state index is 11.6. The average Bonchev–Trinajstić information content (AvgIpc) is 2.43. The summed E-state index contributed by atoms with van der Waals surface area (Å²) in [5, 5.41) is 4.01. The molecular weight excluding hydrogens is 338 g/mol. The Morgan fingerprint density at radius 3 is 2.95 bits per heavy atom. The number of hydrogen-bond acceptors (Lipinski definition) is 5. The van der Waals surface area contributed by atoms with Crippen LogP contribution in [0, 0.1) is 0 Å². The number of halogens is 1. The molecule has 1 N–H and O–H groups in total. The van der Waals surface area contributed by atoms with E-state index in [9.17, 15) is 9.59 Å². The standard InChI is InChI=1S/C15H16BrNO4/c1-2-20-14(18)5-6-17-9-10-7-15(19)21-13-8-11(16)3-4-12(10)13/h3-4,7-8,17H,2,5-6,9H2,1H3. The Kier molecular flexibility index (Phi) is 5.52. The minimum Gasteiger partial charge on any atom is -0.466 e. The molecule has 21 heavy (non-hydrogen) atoms. The number of carbonyl (C=O) groups excluding carboxylic acids is 1. The molecule has 1 heterocycles. The van der Waals surface area contributed by atoms with Gasteiger partial charge in [0.2, 0.25) is 0 Å². The molecule has 0 aliphatic carbocycles. The van der Waals surface area contributed by atoms with Crippen LogP contribution in [0.5, 0.6) is 0 Å². The van der Waals surface area contributed by atoms with Crippen LogP contribution in [0.1, 0.15) is 18.9 Å². The van der Waals surface area contributed by atoms with Gasteiger partial charge in [-0.15, -0.1) is 0 Å². The van der Waals surface area contributed by atoms with Crippen LogP contribution >= 0.6 is 15.9 Å². The number of benzene rings is 1. The normalized spacial score (nSPS) is 10.8. The van der Waals surface area contributed by atoms with Gasteiger partial charge >= 0.3 is 11.6 Å². The summed E-state index contributed by atoms with van der Waals surface area (Å²) in [6.45, 7) is 3.15. The number of esters is 1. The van der Waals surface area contributed by atoms with Gasteiger partial charge in [-0.25, -0.2) is 4.79 Å². The molecule has 0 amide bonds. The summed E-state index contributed by atoms with van der Waals surface area (Å²) in [7, 11) is 0. The molecule has 1 aromatic heterocycles. The van der Waals surface area contributed by atoms with Crippen molar-refractivity contribution in [2.24, 2.45) is 0 Å². The first-order valence-corrected chi connectivity index (χ1v) is 7.48. The van der Waals surface area contributed by atoms with Crippen LogP contribution in [0.15, 0.2) is 37.9 Å². The Bertz CT molecular complexity index is 696. The fourth-order valence-electron chi connectivity index (χ4n) is 2.00. The smallest absolute Gasteiger partial charge is 0.336 e. The fourth-order valence-corrected chi connectivity index (χ4v) is 2.34. The topological polar surface area (TPSA) is 68.5 Å². The Balaban J connectivity index is 2.05. The molecule has 0 aliphatic heterocycles. The number of hydrogen-bond donors (Lipinski definition) is 1. The molecule has 0 bridgehead atoms. The summed E-state index contributed by atoms with van der Waals surface area (Å²) >= 11 is 3.35. The van der Waals surface area contributed by atoms with Gasteiger partial charge in [0.1, 0.15) is 5.58 Å². The molecular formula is C15H16BrNO4.